The minimum atomic E-state index is -3.83. The summed E-state index contributed by atoms with van der Waals surface area (Å²) in [6.45, 7) is 2.27. The molecule has 1 saturated heterocycles. The van der Waals surface area contributed by atoms with Gasteiger partial charge >= 0.3 is 5.97 Å². The Morgan fingerprint density at radius 3 is 2.89 bits per heavy atom. The van der Waals surface area contributed by atoms with Crippen LogP contribution in [0, 0.1) is 0 Å². The van der Waals surface area contributed by atoms with E-state index in [1.54, 1.807) is 0 Å². The standard InChI is InChI=1S/C11H17N3O4S/c1-8-5-3-2-4-6-14(8)19(17,18)10-9(11(15)16)7-12-13-10/h7-8H,2-6H2,1H3,(H,12,13)(H,15,16). The molecule has 1 aliphatic heterocycles. The minimum Gasteiger partial charge on any atom is -0.478 e. The van der Waals surface area contributed by atoms with Gasteiger partial charge in [-0.1, -0.05) is 12.8 Å². The van der Waals surface area contributed by atoms with Crippen LogP contribution in [0.1, 0.15) is 43.0 Å². The Balaban J connectivity index is 2.40. The smallest absolute Gasteiger partial charge is 0.340 e. The Labute approximate surface area is 111 Å². The number of hydrogen-bond donors (Lipinski definition) is 2. The molecule has 1 aliphatic rings. The Morgan fingerprint density at radius 2 is 2.21 bits per heavy atom. The SMILES string of the molecule is CC1CCCCCN1S(=O)(=O)c1[nH]ncc1C(=O)O. The molecule has 1 unspecified atom stereocenters. The number of carboxylic acids is 1. The molecule has 1 aromatic heterocycles. The number of hydrogen-bond acceptors (Lipinski definition) is 4. The van der Waals surface area contributed by atoms with Crippen molar-refractivity contribution in [1.29, 1.82) is 0 Å². The first-order chi connectivity index (χ1) is 8.94. The highest BCUT2D eigenvalue weighted by atomic mass is 32.2. The molecule has 2 rings (SSSR count). The van der Waals surface area contributed by atoms with Crippen LogP contribution in [0.3, 0.4) is 0 Å². The molecule has 0 amide bonds. The van der Waals surface area contributed by atoms with Crippen LogP contribution in [0.2, 0.25) is 0 Å². The molecule has 2 N–H and O–H groups in total. The van der Waals surface area contributed by atoms with Crippen molar-refractivity contribution >= 4 is 16.0 Å². The maximum Gasteiger partial charge on any atom is 0.340 e. The van der Waals surface area contributed by atoms with E-state index in [-0.39, 0.29) is 16.6 Å². The van der Waals surface area contributed by atoms with E-state index in [1.807, 2.05) is 6.92 Å². The number of rotatable bonds is 3. The second-order valence-electron chi connectivity index (χ2n) is 4.73. The number of aromatic nitrogens is 2. The highest BCUT2D eigenvalue weighted by molar-refractivity contribution is 7.89. The van der Waals surface area contributed by atoms with Crippen LogP contribution in [0.5, 0.6) is 0 Å². The topological polar surface area (TPSA) is 103 Å². The Hall–Kier alpha value is -1.41. The van der Waals surface area contributed by atoms with Gasteiger partial charge in [-0.05, 0) is 19.8 Å². The van der Waals surface area contributed by atoms with Crippen molar-refractivity contribution in [2.75, 3.05) is 6.54 Å². The maximum absolute atomic E-state index is 12.5. The molecule has 0 aliphatic carbocycles. The van der Waals surface area contributed by atoms with Crippen molar-refractivity contribution in [2.45, 2.75) is 43.7 Å². The van der Waals surface area contributed by atoms with E-state index in [0.717, 1.165) is 31.9 Å². The van der Waals surface area contributed by atoms with E-state index < -0.39 is 16.0 Å². The summed E-state index contributed by atoms with van der Waals surface area (Å²) in [4.78, 5) is 11.0. The fourth-order valence-electron chi connectivity index (χ4n) is 2.35. The second kappa shape index (κ2) is 5.30. The van der Waals surface area contributed by atoms with Gasteiger partial charge in [0.25, 0.3) is 10.0 Å². The number of aromatic carboxylic acids is 1. The van der Waals surface area contributed by atoms with E-state index >= 15 is 0 Å². The number of nitrogens with one attached hydrogen (secondary N) is 1. The van der Waals surface area contributed by atoms with E-state index in [1.165, 1.54) is 4.31 Å². The van der Waals surface area contributed by atoms with Crippen LogP contribution >= 0.6 is 0 Å². The third kappa shape index (κ3) is 2.64. The molecule has 0 saturated carbocycles. The lowest BCUT2D eigenvalue weighted by molar-refractivity contribution is 0.0692. The van der Waals surface area contributed by atoms with Crippen molar-refractivity contribution in [3.05, 3.63) is 11.8 Å². The van der Waals surface area contributed by atoms with Crippen molar-refractivity contribution < 1.29 is 18.3 Å². The lowest BCUT2D eigenvalue weighted by Crippen LogP contribution is -2.39. The zero-order chi connectivity index (χ0) is 14.0. The largest absolute Gasteiger partial charge is 0.478 e. The van der Waals surface area contributed by atoms with Gasteiger partial charge in [-0.2, -0.15) is 9.40 Å². The van der Waals surface area contributed by atoms with Crippen molar-refractivity contribution in [1.82, 2.24) is 14.5 Å². The first-order valence-electron chi connectivity index (χ1n) is 6.23. The lowest BCUT2D eigenvalue weighted by atomic mass is 10.1. The fourth-order valence-corrected chi connectivity index (χ4v) is 4.12. The summed E-state index contributed by atoms with van der Waals surface area (Å²) in [7, 11) is -3.83. The predicted octanol–water partition coefficient (Wildman–Crippen LogP) is 1.06. The van der Waals surface area contributed by atoms with Crippen molar-refractivity contribution in [3.63, 3.8) is 0 Å². The number of nitrogens with zero attached hydrogens (tertiary/aromatic N) is 2. The molecule has 0 aromatic carbocycles. The molecular formula is C11H17N3O4S. The molecule has 0 bridgehead atoms. The molecule has 1 aromatic rings. The van der Waals surface area contributed by atoms with Gasteiger partial charge in [0.2, 0.25) is 0 Å². The third-order valence-electron chi connectivity index (χ3n) is 3.39. The maximum atomic E-state index is 12.5. The molecule has 106 valence electrons. The molecule has 1 fully saturated rings. The van der Waals surface area contributed by atoms with Gasteiger partial charge < -0.3 is 5.11 Å². The van der Waals surface area contributed by atoms with E-state index in [2.05, 4.69) is 10.2 Å². The molecule has 1 atom stereocenters. The van der Waals surface area contributed by atoms with Crippen LogP contribution in [-0.4, -0.2) is 46.6 Å². The highest BCUT2D eigenvalue weighted by Crippen LogP contribution is 2.25. The molecule has 2 heterocycles. The minimum absolute atomic E-state index is 0.127. The summed E-state index contributed by atoms with van der Waals surface area (Å²) in [5.41, 5.74) is -0.309. The number of H-pyrrole nitrogens is 1. The average molecular weight is 287 g/mol. The second-order valence-corrected chi connectivity index (χ2v) is 6.56. The normalized spacial score (nSPS) is 22.1. The van der Waals surface area contributed by atoms with Crippen molar-refractivity contribution in [2.24, 2.45) is 0 Å². The van der Waals surface area contributed by atoms with Gasteiger partial charge in [0, 0.05) is 12.6 Å². The number of sulfonamides is 1. The zero-order valence-corrected chi connectivity index (χ0v) is 11.5. The number of carbonyl (C=O) groups is 1. The van der Waals surface area contributed by atoms with Gasteiger partial charge in [0.1, 0.15) is 5.56 Å². The monoisotopic (exact) mass is 287 g/mol. The van der Waals surface area contributed by atoms with Gasteiger partial charge in [-0.3, -0.25) is 5.10 Å². The zero-order valence-electron chi connectivity index (χ0n) is 10.7. The third-order valence-corrected chi connectivity index (χ3v) is 5.38. The van der Waals surface area contributed by atoms with Crippen LogP contribution in [0.15, 0.2) is 11.2 Å². The van der Waals surface area contributed by atoms with Crippen LogP contribution in [0.25, 0.3) is 0 Å². The molecule has 19 heavy (non-hydrogen) atoms. The summed E-state index contributed by atoms with van der Waals surface area (Å²) in [5.74, 6) is -1.30. The van der Waals surface area contributed by atoms with E-state index in [0.29, 0.717) is 6.54 Å². The Bertz CT molecular complexity index is 566. The average Bonchev–Trinajstić information content (AvgIpc) is 2.74. The molecule has 7 nitrogen and oxygen atoms in total. The molecule has 0 radical (unpaired) electrons. The van der Waals surface area contributed by atoms with Crippen LogP contribution in [-0.2, 0) is 10.0 Å². The van der Waals surface area contributed by atoms with Crippen molar-refractivity contribution in [3.8, 4) is 0 Å². The summed E-state index contributed by atoms with van der Waals surface area (Å²) >= 11 is 0. The molecule has 0 spiro atoms. The summed E-state index contributed by atoms with van der Waals surface area (Å²) in [5, 5.41) is 14.5. The summed E-state index contributed by atoms with van der Waals surface area (Å²) in [6, 6.07) is -0.127. The number of aromatic amines is 1. The van der Waals surface area contributed by atoms with Crippen LogP contribution < -0.4 is 0 Å². The van der Waals surface area contributed by atoms with E-state index in [4.69, 9.17) is 5.11 Å². The first kappa shape index (κ1) is 14.0. The fraction of sp³-hybridized carbons (Fsp3) is 0.636. The Morgan fingerprint density at radius 1 is 1.47 bits per heavy atom. The summed E-state index contributed by atoms with van der Waals surface area (Å²) < 4.78 is 26.4. The quantitative estimate of drug-likeness (QED) is 0.865. The number of carboxylic acid groups (broad SMARTS) is 1. The predicted molar refractivity (Wildman–Crippen MR) is 67.4 cm³/mol. The Kier molecular flexibility index (Phi) is 3.91. The lowest BCUT2D eigenvalue weighted by Gasteiger charge is -2.25. The summed E-state index contributed by atoms with van der Waals surface area (Å²) in [6.07, 6.45) is 4.58. The van der Waals surface area contributed by atoms with Crippen LogP contribution in [0.4, 0.5) is 0 Å². The molecular weight excluding hydrogens is 270 g/mol. The molecule has 8 heteroatoms. The van der Waals surface area contributed by atoms with E-state index in [9.17, 15) is 13.2 Å². The van der Waals surface area contributed by atoms with Gasteiger partial charge in [0.05, 0.1) is 6.20 Å². The van der Waals surface area contributed by atoms with Gasteiger partial charge in [-0.25, -0.2) is 13.2 Å². The highest BCUT2D eigenvalue weighted by Gasteiger charge is 2.34. The first-order valence-corrected chi connectivity index (χ1v) is 7.67. The van der Waals surface area contributed by atoms with Gasteiger partial charge in [0.15, 0.2) is 5.03 Å². The van der Waals surface area contributed by atoms with Gasteiger partial charge in [-0.15, -0.1) is 0 Å².